The van der Waals surface area contributed by atoms with Crippen LogP contribution < -0.4 is 5.32 Å². The Hall–Kier alpha value is -1.40. The van der Waals surface area contributed by atoms with Crippen molar-refractivity contribution >= 4 is 34.6 Å². The van der Waals surface area contributed by atoms with Crippen LogP contribution in [0.2, 0.25) is 0 Å². The van der Waals surface area contributed by atoms with Crippen molar-refractivity contribution in [1.82, 2.24) is 15.1 Å². The molecule has 0 bridgehead atoms. The molecule has 0 saturated heterocycles. The van der Waals surface area contributed by atoms with Crippen molar-refractivity contribution in [2.24, 2.45) is 0 Å². The minimum Gasteiger partial charge on any atom is -0.351 e. The van der Waals surface area contributed by atoms with Gasteiger partial charge in [-0.15, -0.1) is 0 Å². The second-order valence-corrected chi connectivity index (χ2v) is 6.14. The number of amides is 1. The molecule has 0 spiro atoms. The molecular weight excluding hydrogens is 302 g/mol. The predicted octanol–water partition coefficient (Wildman–Crippen LogP) is 2.75. The van der Waals surface area contributed by atoms with E-state index in [-0.39, 0.29) is 11.9 Å². The van der Waals surface area contributed by atoms with E-state index in [4.69, 9.17) is 12.2 Å². The summed E-state index contributed by atoms with van der Waals surface area (Å²) in [6.07, 6.45) is 0. The Labute approximate surface area is 135 Å². The second-order valence-electron chi connectivity index (χ2n) is 4.97. The molecule has 2 rings (SSSR count). The Morgan fingerprint density at radius 2 is 2.14 bits per heavy atom. The number of nitrogens with one attached hydrogen (secondary N) is 1. The number of carbonyl (C=O) groups excluding carboxylic acids is 1. The summed E-state index contributed by atoms with van der Waals surface area (Å²) < 4.78 is 0. The predicted molar refractivity (Wildman–Crippen MR) is 91.2 cm³/mol. The minimum absolute atomic E-state index is 0.0792. The fourth-order valence-electron chi connectivity index (χ4n) is 2.48. The summed E-state index contributed by atoms with van der Waals surface area (Å²) >= 11 is 7.00. The third-order valence-corrected chi connectivity index (χ3v) is 5.00. The van der Waals surface area contributed by atoms with Crippen LogP contribution in [0.25, 0.3) is 0 Å². The molecule has 21 heavy (non-hydrogen) atoms. The smallest absolute Gasteiger partial charge is 0.253 e. The van der Waals surface area contributed by atoms with E-state index >= 15 is 0 Å². The van der Waals surface area contributed by atoms with Gasteiger partial charge < -0.3 is 15.1 Å². The van der Waals surface area contributed by atoms with Gasteiger partial charge in [-0.3, -0.25) is 4.79 Å². The Bertz CT molecular complexity index is 561. The van der Waals surface area contributed by atoms with Crippen LogP contribution in [0.15, 0.2) is 28.1 Å². The van der Waals surface area contributed by atoms with E-state index in [1.807, 2.05) is 49.1 Å². The van der Waals surface area contributed by atoms with Crippen LogP contribution in [-0.2, 0) is 4.79 Å². The maximum Gasteiger partial charge on any atom is 0.253 e. The highest BCUT2D eigenvalue weighted by molar-refractivity contribution is 7.80. The van der Waals surface area contributed by atoms with Gasteiger partial charge in [0.15, 0.2) is 5.11 Å². The molecule has 0 aliphatic carbocycles. The highest BCUT2D eigenvalue weighted by Gasteiger charge is 2.34. The van der Waals surface area contributed by atoms with E-state index in [9.17, 15) is 4.79 Å². The van der Waals surface area contributed by atoms with Gasteiger partial charge in [0.05, 0.1) is 11.6 Å². The van der Waals surface area contributed by atoms with Crippen molar-refractivity contribution in [3.8, 4) is 0 Å². The Kier molecular flexibility index (Phi) is 5.00. The maximum absolute atomic E-state index is 12.9. The molecule has 4 nitrogen and oxygen atoms in total. The Balaban J connectivity index is 2.48. The first-order valence-corrected chi connectivity index (χ1v) is 8.42. The van der Waals surface area contributed by atoms with E-state index in [1.54, 1.807) is 11.3 Å². The van der Waals surface area contributed by atoms with E-state index in [0.717, 1.165) is 16.8 Å². The van der Waals surface area contributed by atoms with Crippen LogP contribution in [-0.4, -0.2) is 41.0 Å². The number of rotatable bonds is 4. The van der Waals surface area contributed by atoms with Crippen molar-refractivity contribution in [3.63, 3.8) is 0 Å². The zero-order valence-corrected chi connectivity index (χ0v) is 14.5. The van der Waals surface area contributed by atoms with Gasteiger partial charge in [-0.2, -0.15) is 11.3 Å². The van der Waals surface area contributed by atoms with E-state index in [0.29, 0.717) is 18.2 Å². The van der Waals surface area contributed by atoms with Crippen molar-refractivity contribution < 1.29 is 4.79 Å². The van der Waals surface area contributed by atoms with E-state index in [2.05, 4.69) is 10.7 Å². The third kappa shape index (κ3) is 2.96. The van der Waals surface area contributed by atoms with Gasteiger partial charge in [-0.25, -0.2) is 0 Å². The highest BCUT2D eigenvalue weighted by atomic mass is 32.1. The fraction of sp³-hybridized carbons (Fsp3) is 0.467. The van der Waals surface area contributed by atoms with Crippen molar-refractivity contribution in [2.45, 2.75) is 26.8 Å². The zero-order valence-electron chi connectivity index (χ0n) is 12.8. The van der Waals surface area contributed by atoms with Gasteiger partial charge in [0.2, 0.25) is 0 Å². The van der Waals surface area contributed by atoms with Gasteiger partial charge in [-0.05, 0) is 55.4 Å². The summed E-state index contributed by atoms with van der Waals surface area (Å²) in [5, 5.41) is 8.03. The van der Waals surface area contributed by atoms with Crippen LogP contribution in [0.1, 0.15) is 32.4 Å². The molecule has 1 aromatic rings. The maximum atomic E-state index is 12.9. The molecule has 1 atom stereocenters. The Morgan fingerprint density at radius 1 is 1.48 bits per heavy atom. The summed E-state index contributed by atoms with van der Waals surface area (Å²) in [5.74, 6) is 0.0792. The summed E-state index contributed by atoms with van der Waals surface area (Å²) in [4.78, 5) is 16.6. The lowest BCUT2D eigenvalue weighted by molar-refractivity contribution is -0.127. The number of nitrogens with zero attached hydrogens (tertiary/aromatic N) is 2. The van der Waals surface area contributed by atoms with Crippen molar-refractivity contribution in [2.75, 3.05) is 20.1 Å². The molecule has 1 amide bonds. The largest absolute Gasteiger partial charge is 0.351 e. The molecule has 2 heterocycles. The number of carbonyl (C=O) groups is 1. The minimum atomic E-state index is -0.159. The molecule has 0 radical (unpaired) electrons. The van der Waals surface area contributed by atoms with Gasteiger partial charge in [0.25, 0.3) is 5.91 Å². The van der Waals surface area contributed by atoms with Gasteiger partial charge in [-0.1, -0.05) is 0 Å². The molecule has 114 valence electrons. The molecule has 6 heteroatoms. The standard InChI is InChI=1S/C15H21N3OS2/c1-5-18(6-2)14(19)12-10(3)17(4)15(20)16-13(12)11-7-8-21-9-11/h7-9,13H,5-6H2,1-4H3,(H,16,20). The number of thiocarbonyl (C=S) groups is 1. The van der Waals surface area contributed by atoms with E-state index < -0.39 is 0 Å². The Morgan fingerprint density at radius 3 is 2.67 bits per heavy atom. The third-order valence-electron chi connectivity index (χ3n) is 3.91. The number of thiophene rings is 1. The average Bonchev–Trinajstić information content (AvgIpc) is 2.99. The average molecular weight is 323 g/mol. The summed E-state index contributed by atoms with van der Waals surface area (Å²) in [6, 6.07) is 1.88. The molecule has 1 N–H and O–H groups in total. The lowest BCUT2D eigenvalue weighted by atomic mass is 9.96. The SMILES string of the molecule is CCN(CC)C(=O)C1=C(C)N(C)C(=S)NC1c1ccsc1. The zero-order chi connectivity index (χ0) is 15.6. The molecule has 1 unspecified atom stereocenters. The summed E-state index contributed by atoms with van der Waals surface area (Å²) in [6.45, 7) is 7.37. The lowest BCUT2D eigenvalue weighted by Gasteiger charge is -2.37. The number of allylic oxidation sites excluding steroid dienone is 1. The summed E-state index contributed by atoms with van der Waals surface area (Å²) in [7, 11) is 1.89. The van der Waals surface area contributed by atoms with Gasteiger partial charge >= 0.3 is 0 Å². The van der Waals surface area contributed by atoms with Crippen molar-refractivity contribution in [1.29, 1.82) is 0 Å². The normalized spacial score (nSPS) is 18.8. The van der Waals surface area contributed by atoms with Crippen molar-refractivity contribution in [3.05, 3.63) is 33.7 Å². The molecule has 1 aromatic heterocycles. The van der Waals surface area contributed by atoms with Crippen LogP contribution in [0, 0.1) is 0 Å². The number of likely N-dealkylation sites (N-methyl/N-ethyl adjacent to an activating group) is 1. The molecule has 0 aromatic carbocycles. The summed E-state index contributed by atoms with van der Waals surface area (Å²) in [5.41, 5.74) is 2.80. The van der Waals surface area contributed by atoms with Gasteiger partial charge in [0, 0.05) is 25.8 Å². The van der Waals surface area contributed by atoms with E-state index in [1.165, 1.54) is 0 Å². The first-order chi connectivity index (χ1) is 10.0. The lowest BCUT2D eigenvalue weighted by Crippen LogP contribution is -2.48. The topological polar surface area (TPSA) is 35.6 Å². The molecular formula is C15H21N3OS2. The highest BCUT2D eigenvalue weighted by Crippen LogP contribution is 2.32. The first kappa shape index (κ1) is 16.0. The fourth-order valence-corrected chi connectivity index (χ4v) is 3.42. The first-order valence-electron chi connectivity index (χ1n) is 7.07. The van der Waals surface area contributed by atoms with Crippen LogP contribution in [0.3, 0.4) is 0 Å². The molecule has 1 aliphatic rings. The van der Waals surface area contributed by atoms with Gasteiger partial charge in [0.1, 0.15) is 0 Å². The molecule has 0 saturated carbocycles. The van der Waals surface area contributed by atoms with Crippen LogP contribution in [0.4, 0.5) is 0 Å². The second kappa shape index (κ2) is 6.58. The number of hydrogen-bond donors (Lipinski definition) is 1. The molecule has 1 aliphatic heterocycles. The quantitative estimate of drug-likeness (QED) is 0.864. The monoisotopic (exact) mass is 323 g/mol. The van der Waals surface area contributed by atoms with Crippen LogP contribution >= 0.6 is 23.6 Å². The van der Waals surface area contributed by atoms with Crippen LogP contribution in [0.5, 0.6) is 0 Å². The number of hydrogen-bond acceptors (Lipinski definition) is 3. The molecule has 0 fully saturated rings.